The molecule has 1 atom stereocenters. The molecule has 0 unspecified atom stereocenters. The summed E-state index contributed by atoms with van der Waals surface area (Å²) in [6.45, 7) is 3.59. The Balaban J connectivity index is 2.81. The highest BCUT2D eigenvalue weighted by Gasteiger charge is 2.15. The van der Waals surface area contributed by atoms with E-state index in [-0.39, 0.29) is 6.42 Å². The minimum atomic E-state index is -0.897. The Kier molecular flexibility index (Phi) is 2.72. The third-order valence-corrected chi connectivity index (χ3v) is 1.87. The number of furan rings is 1. The Hall–Kier alpha value is -1.29. The maximum atomic E-state index is 10.4. The van der Waals surface area contributed by atoms with Gasteiger partial charge >= 0.3 is 5.97 Å². The molecule has 0 aromatic carbocycles. The van der Waals surface area contributed by atoms with Gasteiger partial charge in [0, 0.05) is 11.6 Å². The summed E-state index contributed by atoms with van der Waals surface area (Å²) in [5.74, 6) is 0.561. The number of carboxylic acids is 1. The van der Waals surface area contributed by atoms with Gasteiger partial charge in [-0.25, -0.2) is 0 Å². The zero-order valence-electron chi connectivity index (χ0n) is 7.70. The third kappa shape index (κ3) is 2.32. The summed E-state index contributed by atoms with van der Waals surface area (Å²) in [6, 6.07) is 1.30. The molecule has 72 valence electrons. The van der Waals surface area contributed by atoms with Gasteiger partial charge in [-0.3, -0.25) is 4.79 Å². The molecule has 0 saturated carbocycles. The smallest absolute Gasteiger partial charge is 0.305 e. The summed E-state index contributed by atoms with van der Waals surface area (Å²) in [4.78, 5) is 10.4. The van der Waals surface area contributed by atoms with Crippen molar-refractivity contribution in [2.45, 2.75) is 26.3 Å². The number of carbonyl (C=O) groups is 1. The first-order valence-electron chi connectivity index (χ1n) is 4.05. The first-order valence-corrected chi connectivity index (χ1v) is 4.05. The molecule has 0 aliphatic carbocycles. The molecule has 13 heavy (non-hydrogen) atoms. The molecule has 0 radical (unpaired) electrons. The lowest BCUT2D eigenvalue weighted by atomic mass is 10.1. The molecule has 1 aromatic heterocycles. The molecule has 0 fully saturated rings. The van der Waals surface area contributed by atoms with Crippen LogP contribution in [0.1, 0.15) is 29.5 Å². The first kappa shape index (κ1) is 9.80. The van der Waals surface area contributed by atoms with Gasteiger partial charge in [0.05, 0.1) is 6.42 Å². The standard InChI is InChI=1S/C9H13NO3/c1-5-3-7(6(2)13-5)8(10)4-9(11)12/h3,8H,4,10H2,1-2H3,(H,11,12)/t8-/m0/s1. The van der Waals surface area contributed by atoms with Crippen molar-refractivity contribution in [2.24, 2.45) is 5.73 Å². The number of hydrogen-bond donors (Lipinski definition) is 2. The van der Waals surface area contributed by atoms with Crippen molar-refractivity contribution in [3.8, 4) is 0 Å². The average molecular weight is 183 g/mol. The van der Waals surface area contributed by atoms with Gasteiger partial charge in [-0.2, -0.15) is 0 Å². The molecular formula is C9H13NO3. The molecule has 0 amide bonds. The van der Waals surface area contributed by atoms with E-state index < -0.39 is 12.0 Å². The van der Waals surface area contributed by atoms with Gasteiger partial charge in [-0.05, 0) is 19.9 Å². The normalized spacial score (nSPS) is 12.8. The Morgan fingerprint density at radius 2 is 2.31 bits per heavy atom. The number of nitrogens with two attached hydrogens (primary N) is 1. The van der Waals surface area contributed by atoms with E-state index in [0.717, 1.165) is 11.3 Å². The van der Waals surface area contributed by atoms with Crippen molar-refractivity contribution in [1.82, 2.24) is 0 Å². The van der Waals surface area contributed by atoms with Crippen LogP contribution >= 0.6 is 0 Å². The molecule has 0 spiro atoms. The molecule has 0 aliphatic heterocycles. The molecular weight excluding hydrogens is 170 g/mol. The highest BCUT2D eigenvalue weighted by Crippen LogP contribution is 2.21. The summed E-state index contributed by atoms with van der Waals surface area (Å²) in [5.41, 5.74) is 6.45. The van der Waals surface area contributed by atoms with Crippen LogP contribution in [0.5, 0.6) is 0 Å². The molecule has 0 saturated heterocycles. The molecule has 0 aliphatic rings. The van der Waals surface area contributed by atoms with E-state index in [1.165, 1.54) is 0 Å². The lowest BCUT2D eigenvalue weighted by Crippen LogP contribution is -2.15. The lowest BCUT2D eigenvalue weighted by Gasteiger charge is -2.06. The summed E-state index contributed by atoms with van der Waals surface area (Å²) in [6.07, 6.45) is -0.0696. The number of hydrogen-bond acceptors (Lipinski definition) is 3. The van der Waals surface area contributed by atoms with Gasteiger partial charge in [-0.1, -0.05) is 0 Å². The zero-order valence-corrected chi connectivity index (χ0v) is 7.70. The van der Waals surface area contributed by atoms with Crippen molar-refractivity contribution in [3.63, 3.8) is 0 Å². The van der Waals surface area contributed by atoms with Crippen LogP contribution in [-0.2, 0) is 4.79 Å². The molecule has 4 nitrogen and oxygen atoms in total. The topological polar surface area (TPSA) is 76.5 Å². The van der Waals surface area contributed by atoms with Crippen LogP contribution in [0.25, 0.3) is 0 Å². The van der Waals surface area contributed by atoms with Crippen LogP contribution in [0.2, 0.25) is 0 Å². The van der Waals surface area contributed by atoms with Gasteiger partial charge < -0.3 is 15.3 Å². The van der Waals surface area contributed by atoms with Gasteiger partial charge in [0.1, 0.15) is 11.5 Å². The maximum Gasteiger partial charge on any atom is 0.305 e. The molecule has 4 heteroatoms. The number of rotatable bonds is 3. The van der Waals surface area contributed by atoms with Gasteiger partial charge in [-0.15, -0.1) is 0 Å². The van der Waals surface area contributed by atoms with Crippen molar-refractivity contribution in [2.75, 3.05) is 0 Å². The Bertz CT molecular complexity index is 317. The van der Waals surface area contributed by atoms with Gasteiger partial charge in [0.2, 0.25) is 0 Å². The molecule has 0 bridgehead atoms. The van der Waals surface area contributed by atoms with Crippen LogP contribution in [-0.4, -0.2) is 11.1 Å². The quantitative estimate of drug-likeness (QED) is 0.742. The van der Waals surface area contributed by atoms with E-state index in [1.807, 2.05) is 6.92 Å². The molecule has 1 aromatic rings. The molecule has 3 N–H and O–H groups in total. The largest absolute Gasteiger partial charge is 0.481 e. The van der Waals surface area contributed by atoms with Gasteiger partial charge in [0.15, 0.2) is 0 Å². The van der Waals surface area contributed by atoms with Gasteiger partial charge in [0.25, 0.3) is 0 Å². The second-order valence-corrected chi connectivity index (χ2v) is 3.07. The van der Waals surface area contributed by atoms with Crippen LogP contribution in [0.4, 0.5) is 0 Å². The summed E-state index contributed by atoms with van der Waals surface area (Å²) in [7, 11) is 0. The van der Waals surface area contributed by atoms with E-state index >= 15 is 0 Å². The van der Waals surface area contributed by atoms with Crippen molar-refractivity contribution >= 4 is 5.97 Å². The van der Waals surface area contributed by atoms with E-state index in [9.17, 15) is 4.79 Å². The summed E-state index contributed by atoms with van der Waals surface area (Å²) < 4.78 is 5.24. The molecule has 1 heterocycles. The van der Waals surface area contributed by atoms with Crippen LogP contribution in [0.3, 0.4) is 0 Å². The fourth-order valence-electron chi connectivity index (χ4n) is 1.32. The second-order valence-electron chi connectivity index (χ2n) is 3.07. The fraction of sp³-hybridized carbons (Fsp3) is 0.444. The van der Waals surface area contributed by atoms with Crippen molar-refractivity contribution in [3.05, 3.63) is 23.2 Å². The second kappa shape index (κ2) is 3.62. The average Bonchev–Trinajstić information content (AvgIpc) is 2.28. The van der Waals surface area contributed by atoms with Crippen LogP contribution in [0, 0.1) is 13.8 Å². The summed E-state index contributed by atoms with van der Waals surface area (Å²) in [5, 5.41) is 8.53. The van der Waals surface area contributed by atoms with E-state index in [2.05, 4.69) is 0 Å². The summed E-state index contributed by atoms with van der Waals surface area (Å²) >= 11 is 0. The highest BCUT2D eigenvalue weighted by molar-refractivity contribution is 5.67. The highest BCUT2D eigenvalue weighted by atomic mass is 16.4. The predicted molar refractivity (Wildman–Crippen MR) is 47.4 cm³/mol. The van der Waals surface area contributed by atoms with Crippen LogP contribution < -0.4 is 5.73 Å². The van der Waals surface area contributed by atoms with E-state index in [0.29, 0.717) is 5.76 Å². The van der Waals surface area contributed by atoms with Crippen molar-refractivity contribution < 1.29 is 14.3 Å². The first-order chi connectivity index (χ1) is 6.00. The Labute approximate surface area is 76.3 Å². The Morgan fingerprint density at radius 3 is 2.69 bits per heavy atom. The van der Waals surface area contributed by atoms with Crippen molar-refractivity contribution in [1.29, 1.82) is 0 Å². The van der Waals surface area contributed by atoms with E-state index in [1.54, 1.807) is 13.0 Å². The Morgan fingerprint density at radius 1 is 1.69 bits per heavy atom. The number of aryl methyl sites for hydroxylation is 2. The maximum absolute atomic E-state index is 10.4. The number of carboxylic acid groups (broad SMARTS) is 1. The van der Waals surface area contributed by atoms with Crippen LogP contribution in [0.15, 0.2) is 10.5 Å². The SMILES string of the molecule is Cc1cc([C@@H](N)CC(=O)O)c(C)o1. The number of aliphatic carboxylic acids is 1. The lowest BCUT2D eigenvalue weighted by molar-refractivity contribution is -0.137. The fourth-order valence-corrected chi connectivity index (χ4v) is 1.32. The third-order valence-electron chi connectivity index (χ3n) is 1.87. The minimum Gasteiger partial charge on any atom is -0.481 e. The predicted octanol–water partition coefficient (Wildman–Crippen LogP) is 1.37. The molecule has 1 rings (SSSR count). The monoisotopic (exact) mass is 183 g/mol. The van der Waals surface area contributed by atoms with E-state index in [4.69, 9.17) is 15.3 Å². The zero-order chi connectivity index (χ0) is 10.0. The minimum absolute atomic E-state index is 0.0696.